The first-order valence-electron chi connectivity index (χ1n) is 5.96. The number of hydrogen-bond donors (Lipinski definition) is 1. The van der Waals surface area contributed by atoms with Gasteiger partial charge in [0.05, 0.1) is 18.8 Å². The van der Waals surface area contributed by atoms with Crippen molar-refractivity contribution in [2.24, 2.45) is 0 Å². The van der Waals surface area contributed by atoms with E-state index in [0.29, 0.717) is 0 Å². The van der Waals surface area contributed by atoms with Gasteiger partial charge in [-0.15, -0.1) is 5.10 Å². The summed E-state index contributed by atoms with van der Waals surface area (Å²) in [5, 5.41) is 9.58. The Morgan fingerprint density at radius 1 is 1.44 bits per heavy atom. The lowest BCUT2D eigenvalue weighted by molar-refractivity contribution is 0.413. The summed E-state index contributed by atoms with van der Waals surface area (Å²) < 4.78 is 9.17. The molecule has 1 heterocycles. The maximum atomic E-state index is 5.24. The number of hydrogen-bond acceptors (Lipinski definition) is 5. The smallest absolute Gasteiger partial charge is 0.119 e. The zero-order valence-electron chi connectivity index (χ0n) is 10.6. The van der Waals surface area contributed by atoms with Crippen molar-refractivity contribution in [1.29, 1.82) is 0 Å². The van der Waals surface area contributed by atoms with Crippen molar-refractivity contribution in [3.63, 3.8) is 0 Å². The molecule has 0 aliphatic carbocycles. The van der Waals surface area contributed by atoms with Gasteiger partial charge >= 0.3 is 0 Å². The molecule has 1 atom stereocenters. The van der Waals surface area contributed by atoms with Crippen LogP contribution in [0.3, 0.4) is 0 Å². The molecule has 0 fully saturated rings. The average Bonchev–Trinajstić information content (AvgIpc) is 2.92. The van der Waals surface area contributed by atoms with E-state index >= 15 is 0 Å². The maximum absolute atomic E-state index is 5.24. The zero-order valence-corrected chi connectivity index (χ0v) is 11.4. The Balaban J connectivity index is 2.13. The Kier molecular flexibility index (Phi) is 4.66. The Morgan fingerprint density at radius 2 is 2.33 bits per heavy atom. The standard InChI is InChI=1S/C13H17N3OS/c1-3-14-12(13-9-18-16-15-13)8-10-5-4-6-11(7-10)17-2/h4-7,9,12,14H,3,8H2,1-2H3. The van der Waals surface area contributed by atoms with Crippen LogP contribution in [0.15, 0.2) is 29.6 Å². The number of likely N-dealkylation sites (N-methyl/N-ethyl adjacent to an activating group) is 1. The summed E-state index contributed by atoms with van der Waals surface area (Å²) in [5.74, 6) is 0.888. The molecule has 0 amide bonds. The van der Waals surface area contributed by atoms with E-state index in [2.05, 4.69) is 34.0 Å². The number of nitrogens with one attached hydrogen (secondary N) is 1. The molecule has 1 unspecified atom stereocenters. The van der Waals surface area contributed by atoms with Crippen LogP contribution in [0.25, 0.3) is 0 Å². The Bertz CT molecular complexity index is 473. The van der Waals surface area contributed by atoms with Crippen LogP contribution in [0.5, 0.6) is 5.75 Å². The number of benzene rings is 1. The molecular weight excluding hydrogens is 246 g/mol. The van der Waals surface area contributed by atoms with Crippen LogP contribution in [-0.2, 0) is 6.42 Å². The third-order valence-electron chi connectivity index (χ3n) is 2.76. The van der Waals surface area contributed by atoms with Crippen LogP contribution in [-0.4, -0.2) is 23.2 Å². The van der Waals surface area contributed by atoms with E-state index in [4.69, 9.17) is 4.74 Å². The molecular formula is C13H17N3OS. The van der Waals surface area contributed by atoms with Crippen LogP contribution in [0.1, 0.15) is 24.2 Å². The minimum atomic E-state index is 0.209. The SMILES string of the molecule is CCNC(Cc1cccc(OC)c1)c1csnn1. The molecule has 1 aromatic carbocycles. The average molecular weight is 263 g/mol. The fourth-order valence-electron chi connectivity index (χ4n) is 1.89. The van der Waals surface area contributed by atoms with Gasteiger partial charge in [-0.25, -0.2) is 0 Å². The first-order valence-corrected chi connectivity index (χ1v) is 6.80. The molecule has 2 aromatic rings. The van der Waals surface area contributed by atoms with Gasteiger partial charge < -0.3 is 10.1 Å². The molecule has 1 aromatic heterocycles. The highest BCUT2D eigenvalue weighted by Gasteiger charge is 2.14. The molecule has 5 heteroatoms. The monoisotopic (exact) mass is 263 g/mol. The molecule has 0 saturated carbocycles. The van der Waals surface area contributed by atoms with Gasteiger partial charge in [0.15, 0.2) is 0 Å². The van der Waals surface area contributed by atoms with E-state index in [1.54, 1.807) is 7.11 Å². The summed E-state index contributed by atoms with van der Waals surface area (Å²) in [4.78, 5) is 0. The van der Waals surface area contributed by atoms with Crippen LogP contribution in [0.2, 0.25) is 0 Å². The van der Waals surface area contributed by atoms with Crippen LogP contribution < -0.4 is 10.1 Å². The lowest BCUT2D eigenvalue weighted by Crippen LogP contribution is -2.23. The molecule has 0 spiro atoms. The van der Waals surface area contributed by atoms with Crippen LogP contribution in [0, 0.1) is 0 Å². The van der Waals surface area contributed by atoms with Gasteiger partial charge in [0.2, 0.25) is 0 Å². The highest BCUT2D eigenvalue weighted by Crippen LogP contribution is 2.20. The molecule has 4 nitrogen and oxygen atoms in total. The molecule has 0 aliphatic heterocycles. The van der Waals surface area contributed by atoms with Gasteiger partial charge in [0, 0.05) is 5.38 Å². The van der Waals surface area contributed by atoms with E-state index in [9.17, 15) is 0 Å². The first kappa shape index (κ1) is 13.0. The third kappa shape index (κ3) is 3.27. The number of aromatic nitrogens is 2. The van der Waals surface area contributed by atoms with Crippen molar-refractivity contribution in [2.75, 3.05) is 13.7 Å². The van der Waals surface area contributed by atoms with Crippen LogP contribution >= 0.6 is 11.5 Å². The second-order valence-corrected chi connectivity index (χ2v) is 4.61. The van der Waals surface area contributed by atoms with Gasteiger partial charge in [0.1, 0.15) is 5.75 Å². The van der Waals surface area contributed by atoms with E-state index in [0.717, 1.165) is 24.4 Å². The number of nitrogens with zero attached hydrogens (tertiary/aromatic N) is 2. The predicted octanol–water partition coefficient (Wildman–Crippen LogP) is 2.44. The van der Waals surface area contributed by atoms with E-state index in [1.807, 2.05) is 17.5 Å². The molecule has 0 aliphatic rings. The molecule has 96 valence electrons. The topological polar surface area (TPSA) is 47.0 Å². The highest BCUT2D eigenvalue weighted by molar-refractivity contribution is 7.03. The quantitative estimate of drug-likeness (QED) is 0.869. The summed E-state index contributed by atoms with van der Waals surface area (Å²) in [6.45, 7) is 3.00. The second kappa shape index (κ2) is 6.47. The summed E-state index contributed by atoms with van der Waals surface area (Å²) in [6.07, 6.45) is 0.885. The molecule has 0 radical (unpaired) electrons. The maximum Gasteiger partial charge on any atom is 0.119 e. The van der Waals surface area contributed by atoms with Crippen LogP contribution in [0.4, 0.5) is 0 Å². The van der Waals surface area contributed by atoms with Crippen molar-refractivity contribution < 1.29 is 4.74 Å². The summed E-state index contributed by atoms with van der Waals surface area (Å²) in [6, 6.07) is 8.34. The minimum absolute atomic E-state index is 0.209. The fourth-order valence-corrected chi connectivity index (χ4v) is 2.39. The van der Waals surface area contributed by atoms with E-state index in [1.165, 1.54) is 17.1 Å². The Morgan fingerprint density at radius 3 is 3.00 bits per heavy atom. The molecule has 0 bridgehead atoms. The van der Waals surface area contributed by atoms with Gasteiger partial charge in [-0.05, 0) is 42.2 Å². The van der Waals surface area contributed by atoms with Gasteiger partial charge in [-0.2, -0.15) is 0 Å². The minimum Gasteiger partial charge on any atom is -0.497 e. The highest BCUT2D eigenvalue weighted by atomic mass is 32.1. The predicted molar refractivity (Wildman–Crippen MR) is 73.0 cm³/mol. The third-order valence-corrected chi connectivity index (χ3v) is 3.28. The molecule has 0 saturated heterocycles. The zero-order chi connectivity index (χ0) is 12.8. The summed E-state index contributed by atoms with van der Waals surface area (Å²) in [5.41, 5.74) is 2.23. The van der Waals surface area contributed by atoms with Crippen molar-refractivity contribution in [2.45, 2.75) is 19.4 Å². The second-order valence-electron chi connectivity index (χ2n) is 4.00. The van der Waals surface area contributed by atoms with Crippen molar-refractivity contribution >= 4 is 11.5 Å². The summed E-state index contributed by atoms with van der Waals surface area (Å²) >= 11 is 1.39. The lowest BCUT2D eigenvalue weighted by atomic mass is 10.0. The normalized spacial score (nSPS) is 12.3. The van der Waals surface area contributed by atoms with Crippen molar-refractivity contribution in [3.8, 4) is 5.75 Å². The van der Waals surface area contributed by atoms with E-state index < -0.39 is 0 Å². The molecule has 1 N–H and O–H groups in total. The largest absolute Gasteiger partial charge is 0.497 e. The molecule has 2 rings (SSSR count). The van der Waals surface area contributed by atoms with Gasteiger partial charge in [-0.1, -0.05) is 23.5 Å². The number of ether oxygens (including phenoxy) is 1. The summed E-state index contributed by atoms with van der Waals surface area (Å²) in [7, 11) is 1.69. The number of rotatable bonds is 6. The lowest BCUT2D eigenvalue weighted by Gasteiger charge is -2.15. The van der Waals surface area contributed by atoms with Crippen molar-refractivity contribution in [1.82, 2.24) is 14.9 Å². The van der Waals surface area contributed by atoms with E-state index in [-0.39, 0.29) is 6.04 Å². The first-order chi connectivity index (χ1) is 8.83. The van der Waals surface area contributed by atoms with Gasteiger partial charge in [-0.3, -0.25) is 0 Å². The number of methoxy groups -OCH3 is 1. The Labute approximate surface area is 111 Å². The Hall–Kier alpha value is -1.46. The van der Waals surface area contributed by atoms with Crippen molar-refractivity contribution in [3.05, 3.63) is 40.9 Å². The fraction of sp³-hybridized carbons (Fsp3) is 0.385. The van der Waals surface area contributed by atoms with Gasteiger partial charge in [0.25, 0.3) is 0 Å². The molecule has 18 heavy (non-hydrogen) atoms.